The third-order valence-electron chi connectivity index (χ3n) is 4.96. The number of fused-ring (bicyclic) bond motifs is 8. The molecule has 0 unspecified atom stereocenters. The van der Waals surface area contributed by atoms with Crippen molar-refractivity contribution in [3.05, 3.63) is 70.8 Å². The quantitative estimate of drug-likeness (QED) is 0.397. The predicted octanol–water partition coefficient (Wildman–Crippen LogP) is 5.49. The molecule has 0 aliphatic carbocycles. The number of nitrogens with one attached hydrogen (secondary N) is 2. The van der Waals surface area contributed by atoms with Gasteiger partial charge in [-0.05, 0) is 66.8 Å². The number of aromatic nitrogens is 4. The van der Waals surface area contributed by atoms with Crippen molar-refractivity contribution in [1.82, 2.24) is 19.9 Å². The minimum absolute atomic E-state index is 0.0866. The maximum Gasteiger partial charge on any atom is 0.167 e. The molecule has 3 aromatic heterocycles. The van der Waals surface area contributed by atoms with Crippen LogP contribution in [0, 0.1) is 5.92 Å². The molecule has 0 aromatic carbocycles. The number of hydrogen-bond donors (Lipinski definition) is 2. The van der Waals surface area contributed by atoms with Crippen molar-refractivity contribution in [3.8, 4) is 0 Å². The molecule has 3 aromatic rings. The lowest BCUT2D eigenvalue weighted by Crippen LogP contribution is -2.06. The molecule has 0 saturated carbocycles. The average molecular weight is 380 g/mol. The summed E-state index contributed by atoms with van der Waals surface area (Å²) in [5.41, 5.74) is 7.64. The second-order valence-corrected chi connectivity index (χ2v) is 7.61. The summed E-state index contributed by atoms with van der Waals surface area (Å²) in [4.78, 5) is 28.8. The van der Waals surface area contributed by atoms with E-state index in [1.807, 2.05) is 80.6 Å². The van der Waals surface area contributed by atoms with Gasteiger partial charge >= 0.3 is 0 Å². The largest absolute Gasteiger partial charge is 0.355 e. The van der Waals surface area contributed by atoms with Gasteiger partial charge in [0, 0.05) is 28.0 Å². The van der Waals surface area contributed by atoms with Crippen molar-refractivity contribution in [2.45, 2.75) is 13.8 Å². The zero-order valence-corrected chi connectivity index (χ0v) is 16.2. The molecule has 0 fully saturated rings. The summed E-state index contributed by atoms with van der Waals surface area (Å²) in [6, 6.07) is 13.8. The Bertz CT molecular complexity index is 1350. The normalized spacial score (nSPS) is 12.7. The highest BCUT2D eigenvalue weighted by Gasteiger charge is 2.15. The Morgan fingerprint density at radius 3 is 1.79 bits per heavy atom. The van der Waals surface area contributed by atoms with E-state index in [1.54, 1.807) is 0 Å². The number of rotatable bonds is 2. The lowest BCUT2D eigenvalue weighted by molar-refractivity contribution is 0.0941. The van der Waals surface area contributed by atoms with Gasteiger partial charge in [0.25, 0.3) is 0 Å². The van der Waals surface area contributed by atoms with E-state index >= 15 is 0 Å². The van der Waals surface area contributed by atoms with Gasteiger partial charge in [-0.1, -0.05) is 13.8 Å². The molecule has 0 atom stereocenters. The first-order valence-electron chi connectivity index (χ1n) is 9.66. The van der Waals surface area contributed by atoms with E-state index in [1.165, 1.54) is 0 Å². The van der Waals surface area contributed by atoms with Gasteiger partial charge in [-0.3, -0.25) is 4.79 Å². The smallest absolute Gasteiger partial charge is 0.167 e. The highest BCUT2D eigenvalue weighted by molar-refractivity contribution is 6.05. The van der Waals surface area contributed by atoms with Gasteiger partial charge in [-0.25, -0.2) is 9.97 Å². The van der Waals surface area contributed by atoms with Crippen LogP contribution in [-0.2, 0) is 0 Å². The SMILES string of the molecule is CC(C)C(=O)c1cc2cc3nc(cc4ccc(cc5nc(cc1[nH]2)C=C5)[nH]4)C=C3. The van der Waals surface area contributed by atoms with Gasteiger partial charge in [-0.2, -0.15) is 0 Å². The first-order chi connectivity index (χ1) is 14.0. The fourth-order valence-corrected chi connectivity index (χ4v) is 3.53. The van der Waals surface area contributed by atoms with Crippen LogP contribution in [-0.4, -0.2) is 25.7 Å². The fraction of sp³-hybridized carbons (Fsp3) is 0.125. The number of carbonyl (C=O) groups excluding carboxylic acids is 1. The first kappa shape index (κ1) is 17.4. The van der Waals surface area contributed by atoms with Crippen molar-refractivity contribution in [3.63, 3.8) is 0 Å². The summed E-state index contributed by atoms with van der Waals surface area (Å²) in [5, 5.41) is 0. The van der Waals surface area contributed by atoms with Crippen LogP contribution in [0.15, 0.2) is 42.5 Å². The summed E-state index contributed by atoms with van der Waals surface area (Å²) in [7, 11) is 0. The van der Waals surface area contributed by atoms with Crippen LogP contribution in [0.3, 0.4) is 0 Å². The summed E-state index contributed by atoms with van der Waals surface area (Å²) in [6.45, 7) is 3.83. The van der Waals surface area contributed by atoms with Gasteiger partial charge in [0.15, 0.2) is 5.78 Å². The number of Topliss-reactive ketones (excluding diaryl/α,β-unsaturated/α-hetero) is 1. The van der Waals surface area contributed by atoms with E-state index in [2.05, 4.69) is 19.9 Å². The number of ketones is 1. The Labute approximate surface area is 167 Å². The van der Waals surface area contributed by atoms with Gasteiger partial charge in [0.05, 0.1) is 28.3 Å². The van der Waals surface area contributed by atoms with Crippen molar-refractivity contribution < 1.29 is 4.79 Å². The first-order valence-corrected chi connectivity index (χ1v) is 9.66. The number of carbonyl (C=O) groups is 1. The third-order valence-corrected chi connectivity index (χ3v) is 4.96. The summed E-state index contributed by atoms with van der Waals surface area (Å²) in [5.74, 6) is 0.0167. The van der Waals surface area contributed by atoms with Crippen LogP contribution < -0.4 is 0 Å². The molecule has 0 amide bonds. The highest BCUT2D eigenvalue weighted by Crippen LogP contribution is 2.21. The monoisotopic (exact) mass is 380 g/mol. The molecule has 5 heteroatoms. The van der Waals surface area contributed by atoms with Crippen LogP contribution >= 0.6 is 0 Å². The molecule has 0 saturated heterocycles. The minimum Gasteiger partial charge on any atom is -0.355 e. The Hall–Kier alpha value is -3.73. The predicted molar refractivity (Wildman–Crippen MR) is 118 cm³/mol. The van der Waals surface area contributed by atoms with Gasteiger partial charge in [0.2, 0.25) is 0 Å². The van der Waals surface area contributed by atoms with Crippen LogP contribution in [0.25, 0.3) is 46.4 Å². The number of hydrogen-bond acceptors (Lipinski definition) is 3. The Balaban J connectivity index is 1.84. The molecular formula is C24H20N4O. The maximum atomic E-state index is 12.8. The summed E-state index contributed by atoms with van der Waals surface area (Å²) >= 11 is 0. The Morgan fingerprint density at radius 2 is 1.24 bits per heavy atom. The molecule has 5 nitrogen and oxygen atoms in total. The molecule has 2 N–H and O–H groups in total. The Kier molecular flexibility index (Phi) is 4.02. The van der Waals surface area contributed by atoms with Crippen molar-refractivity contribution in [1.29, 1.82) is 0 Å². The zero-order valence-electron chi connectivity index (χ0n) is 16.2. The highest BCUT2D eigenvalue weighted by atomic mass is 16.1. The molecule has 5 heterocycles. The van der Waals surface area contributed by atoms with E-state index in [0.717, 1.165) is 44.8 Å². The van der Waals surface area contributed by atoms with E-state index in [4.69, 9.17) is 0 Å². The van der Waals surface area contributed by atoms with Crippen LogP contribution in [0.2, 0.25) is 0 Å². The van der Waals surface area contributed by atoms with Crippen molar-refractivity contribution in [2.24, 2.45) is 5.92 Å². The van der Waals surface area contributed by atoms with Crippen molar-refractivity contribution >= 4 is 52.2 Å². The fourth-order valence-electron chi connectivity index (χ4n) is 3.53. The van der Waals surface area contributed by atoms with E-state index in [0.29, 0.717) is 5.56 Å². The topological polar surface area (TPSA) is 74.4 Å². The molecule has 29 heavy (non-hydrogen) atoms. The maximum absolute atomic E-state index is 12.8. The van der Waals surface area contributed by atoms with Gasteiger partial charge in [-0.15, -0.1) is 0 Å². The molecule has 2 aliphatic heterocycles. The van der Waals surface area contributed by atoms with Crippen LogP contribution in [0.5, 0.6) is 0 Å². The standard InChI is InChI=1S/C24H20N4O/c1-14(2)24(29)22-12-21-11-19-6-5-17(26-19)9-15-3-4-16(25-15)10-18-7-8-20(27-18)13-23(22)28-21/h3-14,25,28H,1-2H3. The van der Waals surface area contributed by atoms with E-state index in [-0.39, 0.29) is 11.7 Å². The average Bonchev–Trinajstić information content (AvgIpc) is 3.45. The number of nitrogens with zero attached hydrogens (tertiary/aromatic N) is 2. The summed E-state index contributed by atoms with van der Waals surface area (Å²) in [6.07, 6.45) is 7.88. The number of H-pyrrole nitrogens is 2. The second kappa shape index (κ2) is 6.71. The molecule has 8 bridgehead atoms. The van der Waals surface area contributed by atoms with E-state index < -0.39 is 0 Å². The third kappa shape index (κ3) is 3.43. The van der Waals surface area contributed by atoms with Crippen LogP contribution in [0.4, 0.5) is 0 Å². The molecule has 2 aliphatic rings. The minimum atomic E-state index is -0.0866. The molecule has 0 spiro atoms. The lowest BCUT2D eigenvalue weighted by Gasteiger charge is -2.01. The van der Waals surface area contributed by atoms with Gasteiger partial charge in [0.1, 0.15) is 0 Å². The number of aromatic amines is 2. The van der Waals surface area contributed by atoms with Gasteiger partial charge < -0.3 is 9.97 Å². The molecule has 0 radical (unpaired) electrons. The zero-order chi connectivity index (χ0) is 20.0. The molecule has 5 rings (SSSR count). The second-order valence-electron chi connectivity index (χ2n) is 7.61. The molecular weight excluding hydrogens is 360 g/mol. The Morgan fingerprint density at radius 1 is 0.724 bits per heavy atom. The van der Waals surface area contributed by atoms with Crippen molar-refractivity contribution in [2.75, 3.05) is 0 Å². The van der Waals surface area contributed by atoms with Crippen LogP contribution in [0.1, 0.15) is 47.0 Å². The van der Waals surface area contributed by atoms with E-state index in [9.17, 15) is 4.79 Å². The lowest BCUT2D eigenvalue weighted by atomic mass is 10.0. The summed E-state index contributed by atoms with van der Waals surface area (Å²) < 4.78 is 0. The molecule has 142 valence electrons.